The summed E-state index contributed by atoms with van der Waals surface area (Å²) in [5, 5.41) is 2.80. The molecule has 0 aromatic heterocycles. The summed E-state index contributed by atoms with van der Waals surface area (Å²) in [7, 11) is 0. The van der Waals surface area contributed by atoms with E-state index in [9.17, 15) is 0 Å². The number of hydrogen-bond donors (Lipinski definition) is 0. The van der Waals surface area contributed by atoms with Crippen molar-refractivity contribution in [1.82, 2.24) is 0 Å². The minimum absolute atomic E-state index is 0.240. The van der Waals surface area contributed by atoms with Crippen molar-refractivity contribution in [1.29, 1.82) is 0 Å². The molecule has 0 fully saturated rings. The van der Waals surface area contributed by atoms with Crippen LogP contribution in [-0.2, 0) is 10.8 Å². The molecule has 6 aromatic carbocycles. The molecular weight excluding hydrogens is 504 g/mol. The van der Waals surface area contributed by atoms with Gasteiger partial charge in [0, 0.05) is 11.8 Å². The first-order valence-corrected chi connectivity index (χ1v) is 15.1. The fraction of sp³-hybridized carbons (Fsp3) is 0.0952. The number of hydrogen-bond acceptors (Lipinski definition) is 0. The van der Waals surface area contributed by atoms with Crippen molar-refractivity contribution in [3.8, 4) is 0 Å². The van der Waals surface area contributed by atoms with Gasteiger partial charge in [-0.15, -0.1) is 0 Å². The Bertz CT molecular complexity index is 2050. The molecule has 0 saturated carbocycles. The van der Waals surface area contributed by atoms with E-state index in [1.54, 1.807) is 0 Å². The maximum Gasteiger partial charge on any atom is 0.0535 e. The molecule has 196 valence electrons. The molecular formula is C42H28. The van der Waals surface area contributed by atoms with E-state index < -0.39 is 0 Å². The lowest BCUT2D eigenvalue weighted by Crippen LogP contribution is -2.55. The molecule has 0 amide bonds. The van der Waals surface area contributed by atoms with Crippen molar-refractivity contribution < 1.29 is 0 Å². The Morgan fingerprint density at radius 2 is 0.643 bits per heavy atom. The Labute approximate surface area is 246 Å². The smallest absolute Gasteiger partial charge is 0.0535 e. The molecule has 0 heteroatoms. The average Bonchev–Trinajstić information content (AvgIpc) is 3.56. The zero-order valence-corrected chi connectivity index (χ0v) is 23.2. The SMILES string of the molecule is c1ccc([C@]23c4ccccc4C4=c5ccccc5=C5c6ccccc6[C@](c6ccccc6)(c6ccccc62)C5C43)cc1. The molecule has 10 rings (SSSR count). The van der Waals surface area contributed by atoms with E-state index in [0.29, 0.717) is 0 Å². The number of rotatable bonds is 2. The van der Waals surface area contributed by atoms with Gasteiger partial charge in [-0.25, -0.2) is 0 Å². The fourth-order valence-electron chi connectivity index (χ4n) is 9.82. The third-order valence-corrected chi connectivity index (χ3v) is 10.9. The third kappa shape index (κ3) is 2.37. The lowest BCUT2D eigenvalue weighted by molar-refractivity contribution is 0.285. The van der Waals surface area contributed by atoms with Crippen molar-refractivity contribution in [2.24, 2.45) is 11.8 Å². The molecule has 6 aromatic rings. The Kier molecular flexibility index (Phi) is 4.25. The molecule has 0 nitrogen and oxygen atoms in total. The van der Waals surface area contributed by atoms with Gasteiger partial charge >= 0.3 is 0 Å². The second-order valence-corrected chi connectivity index (χ2v) is 12.3. The summed E-state index contributed by atoms with van der Waals surface area (Å²) in [6.07, 6.45) is 0. The van der Waals surface area contributed by atoms with Gasteiger partial charge in [-0.3, -0.25) is 0 Å². The van der Waals surface area contributed by atoms with Crippen molar-refractivity contribution in [3.63, 3.8) is 0 Å². The molecule has 2 unspecified atom stereocenters. The molecule has 42 heavy (non-hydrogen) atoms. The second-order valence-electron chi connectivity index (χ2n) is 12.3. The number of fused-ring (bicyclic) bond motifs is 10. The lowest BCUT2D eigenvalue weighted by Gasteiger charge is -2.55. The second kappa shape index (κ2) is 7.87. The predicted molar refractivity (Wildman–Crippen MR) is 170 cm³/mol. The summed E-state index contributed by atoms with van der Waals surface area (Å²) in [5.41, 5.74) is 13.8. The van der Waals surface area contributed by atoms with Gasteiger partial charge in [0.25, 0.3) is 0 Å². The van der Waals surface area contributed by atoms with Crippen LogP contribution in [0.4, 0.5) is 0 Å². The molecule has 0 heterocycles. The molecule has 0 spiro atoms. The molecule has 0 aliphatic heterocycles. The van der Waals surface area contributed by atoms with E-state index >= 15 is 0 Å². The van der Waals surface area contributed by atoms with Crippen LogP contribution in [-0.4, -0.2) is 0 Å². The van der Waals surface area contributed by atoms with Crippen LogP contribution in [0.1, 0.15) is 44.5 Å². The maximum absolute atomic E-state index is 2.45. The molecule has 0 N–H and O–H groups in total. The van der Waals surface area contributed by atoms with Crippen molar-refractivity contribution in [2.75, 3.05) is 0 Å². The van der Waals surface area contributed by atoms with E-state index in [4.69, 9.17) is 0 Å². The first-order valence-electron chi connectivity index (χ1n) is 15.1. The highest BCUT2D eigenvalue weighted by Crippen LogP contribution is 2.73. The average molecular weight is 533 g/mol. The van der Waals surface area contributed by atoms with E-state index in [0.717, 1.165) is 0 Å². The lowest BCUT2D eigenvalue weighted by atomic mass is 9.46. The van der Waals surface area contributed by atoms with Crippen LogP contribution in [0.25, 0.3) is 11.1 Å². The summed E-state index contributed by atoms with van der Waals surface area (Å²) < 4.78 is 0. The van der Waals surface area contributed by atoms with Gasteiger partial charge in [0.2, 0.25) is 0 Å². The Morgan fingerprint density at radius 1 is 0.310 bits per heavy atom. The van der Waals surface area contributed by atoms with Crippen LogP contribution >= 0.6 is 0 Å². The van der Waals surface area contributed by atoms with Gasteiger partial charge < -0.3 is 0 Å². The summed E-state index contributed by atoms with van der Waals surface area (Å²) in [4.78, 5) is 0. The van der Waals surface area contributed by atoms with E-state index in [1.807, 2.05) is 0 Å². The largest absolute Gasteiger partial charge is 0.0622 e. The van der Waals surface area contributed by atoms with Gasteiger partial charge in [-0.1, -0.05) is 158 Å². The Balaban J connectivity index is 1.54. The molecule has 0 radical (unpaired) electrons. The minimum atomic E-state index is -0.298. The fourth-order valence-corrected chi connectivity index (χ4v) is 9.82. The number of benzene rings is 6. The highest BCUT2D eigenvalue weighted by molar-refractivity contribution is 5.94. The maximum atomic E-state index is 2.45. The highest BCUT2D eigenvalue weighted by Gasteiger charge is 2.68. The molecule has 0 saturated heterocycles. The first-order chi connectivity index (χ1) is 20.9. The summed E-state index contributed by atoms with van der Waals surface area (Å²) >= 11 is 0. The van der Waals surface area contributed by atoms with Gasteiger partial charge in [-0.05, 0) is 66.1 Å². The van der Waals surface area contributed by atoms with Crippen LogP contribution < -0.4 is 10.4 Å². The van der Waals surface area contributed by atoms with Crippen LogP contribution in [0.3, 0.4) is 0 Å². The van der Waals surface area contributed by atoms with Crippen molar-refractivity contribution >= 4 is 11.1 Å². The predicted octanol–water partition coefficient (Wildman–Crippen LogP) is 7.34. The molecule has 4 aliphatic carbocycles. The van der Waals surface area contributed by atoms with Crippen molar-refractivity contribution in [3.05, 3.63) is 213 Å². The quantitative estimate of drug-likeness (QED) is 0.219. The normalized spacial score (nSPS) is 25.2. The third-order valence-electron chi connectivity index (χ3n) is 10.9. The standard InChI is InChI=1S/C42H28/c1-3-15-27(16-4-1)41-33-23-11-9-21-31(33)37-29-19-7-8-20-30(29)38-32-22-10-12-24-34(32)42(40(38)39(37)41,28-17-5-2-6-18-28)36-26-14-13-25-35(36)41/h1-26,39-40H/t39?,40?,41-,42+. The van der Waals surface area contributed by atoms with Crippen LogP contribution in [0.2, 0.25) is 0 Å². The summed E-state index contributed by atoms with van der Waals surface area (Å²) in [6, 6.07) is 60.1. The van der Waals surface area contributed by atoms with Crippen LogP contribution in [0, 0.1) is 11.8 Å². The van der Waals surface area contributed by atoms with E-state index in [-0.39, 0.29) is 22.7 Å². The van der Waals surface area contributed by atoms with E-state index in [1.165, 1.54) is 66.1 Å². The minimum Gasteiger partial charge on any atom is -0.0622 e. The van der Waals surface area contributed by atoms with Crippen molar-refractivity contribution in [2.45, 2.75) is 10.8 Å². The Morgan fingerprint density at radius 3 is 1.07 bits per heavy atom. The molecule has 0 bridgehead atoms. The Hall–Kier alpha value is -4.94. The molecule has 4 aliphatic rings. The topological polar surface area (TPSA) is 0 Å². The zero-order valence-electron chi connectivity index (χ0n) is 23.2. The highest BCUT2D eigenvalue weighted by atomic mass is 14.7. The van der Waals surface area contributed by atoms with Crippen LogP contribution in [0.5, 0.6) is 0 Å². The summed E-state index contributed by atoms with van der Waals surface area (Å²) in [5.74, 6) is 0.481. The van der Waals surface area contributed by atoms with Gasteiger partial charge in [0.1, 0.15) is 0 Å². The monoisotopic (exact) mass is 532 g/mol. The zero-order chi connectivity index (χ0) is 27.5. The molecule has 4 atom stereocenters. The van der Waals surface area contributed by atoms with E-state index in [2.05, 4.69) is 158 Å². The summed E-state index contributed by atoms with van der Waals surface area (Å²) in [6.45, 7) is 0. The first kappa shape index (κ1) is 22.7. The van der Waals surface area contributed by atoms with Gasteiger partial charge in [0.05, 0.1) is 10.8 Å². The van der Waals surface area contributed by atoms with Gasteiger partial charge in [0.15, 0.2) is 0 Å². The van der Waals surface area contributed by atoms with Crippen LogP contribution in [0.15, 0.2) is 158 Å². The van der Waals surface area contributed by atoms with Gasteiger partial charge in [-0.2, -0.15) is 0 Å².